The van der Waals surface area contributed by atoms with E-state index in [1.54, 1.807) is 0 Å². The van der Waals surface area contributed by atoms with Crippen molar-refractivity contribution in [3.05, 3.63) is 243 Å². The van der Waals surface area contributed by atoms with E-state index in [-0.39, 0.29) is 0 Å². The molecule has 0 fully saturated rings. The van der Waals surface area contributed by atoms with Crippen LogP contribution in [0.15, 0.2) is 231 Å². The molecule has 0 bridgehead atoms. The Bertz CT molecular complexity index is 4260. The lowest BCUT2D eigenvalue weighted by atomic mass is 9.82. The first-order valence-corrected chi connectivity index (χ1v) is 23.9. The van der Waals surface area contributed by atoms with Crippen molar-refractivity contribution in [1.82, 2.24) is 9.55 Å². The summed E-state index contributed by atoms with van der Waals surface area (Å²) in [5.74, 6) is 0.936. The molecule has 0 N–H and O–H groups in total. The first-order valence-electron chi connectivity index (χ1n) is 23.9. The van der Waals surface area contributed by atoms with Crippen LogP contribution in [0.5, 0.6) is 0 Å². The van der Waals surface area contributed by atoms with E-state index in [1.165, 1.54) is 81.7 Å². The Kier molecular flexibility index (Phi) is 8.97. The summed E-state index contributed by atoms with van der Waals surface area (Å²) in [5, 5.41) is 14.4. The Morgan fingerprint density at radius 3 is 1.64 bits per heavy atom. The van der Waals surface area contributed by atoms with Gasteiger partial charge in [-0.15, -0.1) is 0 Å². The van der Waals surface area contributed by atoms with Gasteiger partial charge in [0.05, 0.1) is 11.0 Å². The van der Waals surface area contributed by atoms with Crippen molar-refractivity contribution >= 4 is 81.4 Å². The molecule has 2 nitrogen and oxygen atoms in total. The molecule has 0 spiro atoms. The van der Waals surface area contributed by atoms with Gasteiger partial charge in [-0.05, 0) is 166 Å². The number of imidazole rings is 1. The van der Waals surface area contributed by atoms with Gasteiger partial charge >= 0.3 is 0 Å². The van der Waals surface area contributed by atoms with Crippen LogP contribution in [0.25, 0.3) is 137 Å². The van der Waals surface area contributed by atoms with Gasteiger partial charge in [-0.3, -0.25) is 4.57 Å². The SMILES string of the molecule is c1ccc2c(-c3ccc4c(-c5ccc6ccccc6c5)c5ccccc5c(-c5ccc6ccccc6c5)c4c3)c3ccccc3c(-c3cccc(-c4nc5ccccc5n4C4=CCCC=C4)c3)c2c#1. The summed E-state index contributed by atoms with van der Waals surface area (Å²) < 4.78 is 2.32. The van der Waals surface area contributed by atoms with Crippen LogP contribution < -0.4 is 0 Å². The standard InChI is InChI=1S/C67H42N2/c1-2-23-52(24-3-1)69-62-32-15-14-31-61(62)68-67(69)51-22-16-21-47(41-51)63-53-25-8-10-27-55(53)65(56-28-11-9-26-54(56)63)50-37-38-59-60(42-50)66(49-36-34-44-18-5-7-20-46(44)40-49)58-30-13-12-29-57(58)64(59)48-35-33-43-17-4-6-19-45(43)39-48/h2,4-8,10-25,27-42H,1,3H2. The first-order chi connectivity index (χ1) is 34.2. The fraction of sp³-hybridized carbons (Fsp3) is 0.0299. The van der Waals surface area contributed by atoms with E-state index in [0.29, 0.717) is 0 Å². The minimum atomic E-state index is 0.936. The zero-order chi connectivity index (χ0) is 45.4. The molecule has 1 aromatic heterocycles. The van der Waals surface area contributed by atoms with E-state index in [1.807, 2.05) is 6.07 Å². The van der Waals surface area contributed by atoms with E-state index in [9.17, 15) is 0 Å². The van der Waals surface area contributed by atoms with Crippen LogP contribution >= 0.6 is 0 Å². The van der Waals surface area contributed by atoms with Gasteiger partial charge in [0.1, 0.15) is 5.82 Å². The number of nitrogens with zero attached hydrogens (tertiary/aromatic N) is 2. The summed E-state index contributed by atoms with van der Waals surface area (Å²) in [6.07, 6.45) is 8.90. The highest BCUT2D eigenvalue weighted by Gasteiger charge is 2.23. The number of para-hydroxylation sites is 2. The van der Waals surface area contributed by atoms with Crippen molar-refractivity contribution < 1.29 is 0 Å². The van der Waals surface area contributed by atoms with E-state index in [0.717, 1.165) is 68.4 Å². The third-order valence-corrected chi connectivity index (χ3v) is 14.4. The monoisotopic (exact) mass is 874 g/mol. The van der Waals surface area contributed by atoms with Crippen molar-refractivity contribution in [2.45, 2.75) is 12.8 Å². The second kappa shape index (κ2) is 15.8. The molecule has 0 saturated heterocycles. The van der Waals surface area contributed by atoms with Gasteiger partial charge < -0.3 is 0 Å². The van der Waals surface area contributed by atoms with Gasteiger partial charge in [0.2, 0.25) is 0 Å². The maximum absolute atomic E-state index is 5.27. The van der Waals surface area contributed by atoms with Gasteiger partial charge in [-0.1, -0.05) is 188 Å². The third kappa shape index (κ3) is 6.32. The van der Waals surface area contributed by atoms with Crippen molar-refractivity contribution in [2.24, 2.45) is 0 Å². The molecular formula is C67H42N2. The second-order valence-electron chi connectivity index (χ2n) is 18.3. The lowest BCUT2D eigenvalue weighted by Gasteiger charge is -2.21. The summed E-state index contributed by atoms with van der Waals surface area (Å²) in [6.45, 7) is 0. The largest absolute Gasteiger partial charge is 0.293 e. The Morgan fingerprint density at radius 2 is 0.942 bits per heavy atom. The predicted molar refractivity (Wildman–Crippen MR) is 292 cm³/mol. The number of fused-ring (bicyclic) bond motifs is 7. The van der Waals surface area contributed by atoms with E-state index >= 15 is 0 Å². The number of hydrogen-bond donors (Lipinski definition) is 0. The van der Waals surface area contributed by atoms with Gasteiger partial charge in [0.15, 0.2) is 0 Å². The van der Waals surface area contributed by atoms with Gasteiger partial charge in [-0.25, -0.2) is 4.98 Å². The summed E-state index contributed by atoms with van der Waals surface area (Å²) in [5.41, 5.74) is 13.8. The number of benzene rings is 11. The Labute approximate surface area is 400 Å². The van der Waals surface area contributed by atoms with Crippen molar-refractivity contribution in [2.75, 3.05) is 0 Å². The van der Waals surface area contributed by atoms with Crippen molar-refractivity contribution in [1.29, 1.82) is 0 Å². The number of allylic oxidation sites excluding steroid dienone is 4. The van der Waals surface area contributed by atoms with Crippen molar-refractivity contribution in [3.8, 4) is 55.9 Å². The van der Waals surface area contributed by atoms with Crippen LogP contribution in [0.3, 0.4) is 0 Å². The highest BCUT2D eigenvalue weighted by atomic mass is 15.1. The molecule has 13 aromatic rings. The average Bonchev–Trinajstić information content (AvgIpc) is 3.81. The summed E-state index contributed by atoms with van der Waals surface area (Å²) >= 11 is 0. The Balaban J connectivity index is 1.03. The summed E-state index contributed by atoms with van der Waals surface area (Å²) in [6, 6.07) is 85.0. The normalized spacial score (nSPS) is 12.7. The van der Waals surface area contributed by atoms with Gasteiger partial charge in [0, 0.05) is 22.2 Å². The molecule has 2 heteroatoms. The zero-order valence-electron chi connectivity index (χ0n) is 37.7. The quantitative estimate of drug-likeness (QED) is 0.152. The molecule has 0 unspecified atom stereocenters. The smallest absolute Gasteiger partial charge is 0.145 e. The first kappa shape index (κ1) is 39.2. The zero-order valence-corrected chi connectivity index (χ0v) is 37.7. The van der Waals surface area contributed by atoms with Crippen LogP contribution in [0.1, 0.15) is 12.8 Å². The number of aromatic nitrogens is 2. The highest BCUT2D eigenvalue weighted by Crippen LogP contribution is 2.49. The van der Waals surface area contributed by atoms with E-state index < -0.39 is 0 Å². The van der Waals surface area contributed by atoms with Crippen LogP contribution in [-0.4, -0.2) is 9.55 Å². The number of rotatable bonds is 6. The van der Waals surface area contributed by atoms with Gasteiger partial charge in [-0.2, -0.15) is 0 Å². The van der Waals surface area contributed by atoms with Crippen LogP contribution in [0, 0.1) is 12.1 Å². The fourth-order valence-electron chi connectivity index (χ4n) is 11.3. The average molecular weight is 875 g/mol. The number of hydrogen-bond acceptors (Lipinski definition) is 1. The molecule has 0 amide bonds. The third-order valence-electron chi connectivity index (χ3n) is 14.4. The van der Waals surface area contributed by atoms with Crippen LogP contribution in [0.2, 0.25) is 0 Å². The molecule has 1 aliphatic rings. The van der Waals surface area contributed by atoms with Crippen molar-refractivity contribution in [3.63, 3.8) is 0 Å². The topological polar surface area (TPSA) is 17.8 Å². The Morgan fingerprint density at radius 1 is 0.391 bits per heavy atom. The molecule has 14 rings (SSSR count). The van der Waals surface area contributed by atoms with E-state index in [2.05, 4.69) is 241 Å². The molecular weight excluding hydrogens is 833 g/mol. The molecule has 1 heterocycles. The molecule has 0 aliphatic heterocycles. The Hall–Kier alpha value is -9.03. The molecule has 320 valence electrons. The molecule has 0 saturated carbocycles. The minimum Gasteiger partial charge on any atom is -0.293 e. The summed E-state index contributed by atoms with van der Waals surface area (Å²) in [4.78, 5) is 5.27. The fourth-order valence-corrected chi connectivity index (χ4v) is 11.3. The molecule has 69 heavy (non-hydrogen) atoms. The van der Waals surface area contributed by atoms with E-state index in [4.69, 9.17) is 4.98 Å². The predicted octanol–water partition coefficient (Wildman–Crippen LogP) is 18.1. The maximum Gasteiger partial charge on any atom is 0.145 e. The minimum absolute atomic E-state index is 0.936. The maximum atomic E-state index is 5.27. The molecule has 0 atom stereocenters. The second-order valence-corrected chi connectivity index (χ2v) is 18.3. The van der Waals surface area contributed by atoms with Gasteiger partial charge in [0.25, 0.3) is 0 Å². The molecule has 1 aliphatic carbocycles. The van der Waals surface area contributed by atoms with Crippen LogP contribution in [-0.2, 0) is 0 Å². The lowest BCUT2D eigenvalue weighted by Crippen LogP contribution is -2.00. The lowest BCUT2D eigenvalue weighted by molar-refractivity contribution is 1.01. The molecule has 0 radical (unpaired) electrons. The molecule has 12 aromatic carbocycles. The highest BCUT2D eigenvalue weighted by molar-refractivity contribution is 6.25. The van der Waals surface area contributed by atoms with Crippen LogP contribution in [0.4, 0.5) is 0 Å². The summed E-state index contributed by atoms with van der Waals surface area (Å²) in [7, 11) is 0.